The maximum atomic E-state index is 5.94. The van der Waals surface area contributed by atoms with E-state index in [0.29, 0.717) is 6.61 Å². The minimum atomic E-state index is -0.179. The number of hydrogen-bond acceptors (Lipinski definition) is 5. The lowest BCUT2D eigenvalue weighted by molar-refractivity contribution is 0.0314. The Balaban J connectivity index is 1.91. The van der Waals surface area contributed by atoms with Crippen LogP contribution in [0, 0.1) is 0 Å². The van der Waals surface area contributed by atoms with Gasteiger partial charge < -0.3 is 9.47 Å². The summed E-state index contributed by atoms with van der Waals surface area (Å²) in [6.45, 7) is 2.62. The highest BCUT2D eigenvalue weighted by atomic mass is 32.2. The van der Waals surface area contributed by atoms with Crippen molar-refractivity contribution in [3.63, 3.8) is 0 Å². The van der Waals surface area contributed by atoms with E-state index in [9.17, 15) is 0 Å². The fourth-order valence-electron chi connectivity index (χ4n) is 2.66. The molecule has 0 fully saturated rings. The first kappa shape index (κ1) is 13.6. The minimum Gasteiger partial charge on any atom is -0.497 e. The molecule has 0 unspecified atom stereocenters. The second kappa shape index (κ2) is 5.30. The van der Waals surface area contributed by atoms with E-state index >= 15 is 0 Å². The number of rotatable bonds is 3. The average molecular weight is 313 g/mol. The molecule has 0 aliphatic carbocycles. The number of aromatic nitrogens is 3. The summed E-state index contributed by atoms with van der Waals surface area (Å²) in [4.78, 5) is 9.16. The normalized spacial score (nSPS) is 16.4. The summed E-state index contributed by atoms with van der Waals surface area (Å²) in [5, 5.41) is 2.91. The summed E-state index contributed by atoms with van der Waals surface area (Å²) in [6.07, 6.45) is 3.56. The summed E-state index contributed by atoms with van der Waals surface area (Å²) in [6, 6.07) is 8.04. The molecule has 0 amide bonds. The van der Waals surface area contributed by atoms with Crippen molar-refractivity contribution in [2.45, 2.75) is 23.3 Å². The zero-order valence-corrected chi connectivity index (χ0v) is 13.1. The Morgan fingerprint density at radius 1 is 1.32 bits per heavy atom. The lowest BCUT2D eigenvalue weighted by Gasteiger charge is -2.26. The number of pyridine rings is 1. The van der Waals surface area contributed by atoms with E-state index in [-0.39, 0.29) is 6.23 Å². The van der Waals surface area contributed by atoms with Gasteiger partial charge in [0.25, 0.3) is 0 Å². The number of methoxy groups -OCH3 is 1. The maximum Gasteiger partial charge on any atom is 0.176 e. The number of hydrogen-bond donors (Lipinski definition) is 0. The average Bonchev–Trinajstić information content (AvgIpc) is 3.00. The van der Waals surface area contributed by atoms with Gasteiger partial charge in [0.1, 0.15) is 10.8 Å². The van der Waals surface area contributed by atoms with Crippen LogP contribution in [0.4, 0.5) is 0 Å². The van der Waals surface area contributed by atoms with Gasteiger partial charge in [0, 0.05) is 30.0 Å². The second-order valence-electron chi connectivity index (χ2n) is 4.97. The number of fused-ring (bicyclic) bond motifs is 3. The van der Waals surface area contributed by atoms with Gasteiger partial charge in [0.2, 0.25) is 0 Å². The van der Waals surface area contributed by atoms with Crippen LogP contribution in [0.2, 0.25) is 0 Å². The molecule has 1 aliphatic heterocycles. The van der Waals surface area contributed by atoms with Crippen molar-refractivity contribution in [2.75, 3.05) is 13.7 Å². The highest BCUT2D eigenvalue weighted by Gasteiger charge is 2.28. The molecule has 0 radical (unpaired) electrons. The van der Waals surface area contributed by atoms with Crippen LogP contribution < -0.4 is 4.74 Å². The van der Waals surface area contributed by atoms with Gasteiger partial charge >= 0.3 is 0 Å². The van der Waals surface area contributed by atoms with Crippen molar-refractivity contribution < 1.29 is 9.47 Å². The zero-order chi connectivity index (χ0) is 15.1. The SMILES string of the molecule is CCO[C@H]1c2cc3cc(OC)ccc3nc2Sc2nccn21. The highest BCUT2D eigenvalue weighted by molar-refractivity contribution is 7.99. The number of ether oxygens (including phenoxy) is 2. The molecule has 3 aromatic rings. The lowest BCUT2D eigenvalue weighted by Crippen LogP contribution is -2.19. The zero-order valence-electron chi connectivity index (χ0n) is 12.3. The predicted octanol–water partition coefficient (Wildman–Crippen LogP) is 3.49. The quantitative estimate of drug-likeness (QED) is 0.741. The molecule has 6 heteroatoms. The molecule has 0 saturated carbocycles. The Morgan fingerprint density at radius 3 is 3.05 bits per heavy atom. The summed E-state index contributed by atoms with van der Waals surface area (Å²) < 4.78 is 13.3. The van der Waals surface area contributed by atoms with Gasteiger partial charge in [-0.25, -0.2) is 9.97 Å². The number of imidazole rings is 1. The van der Waals surface area contributed by atoms with E-state index < -0.39 is 0 Å². The molecule has 0 spiro atoms. The fourth-order valence-corrected chi connectivity index (χ4v) is 3.63. The van der Waals surface area contributed by atoms with Gasteiger partial charge in [-0.05, 0) is 43.0 Å². The molecule has 112 valence electrons. The van der Waals surface area contributed by atoms with Crippen molar-refractivity contribution in [1.29, 1.82) is 0 Å². The van der Waals surface area contributed by atoms with Gasteiger partial charge in [0.15, 0.2) is 11.4 Å². The molecule has 0 bridgehead atoms. The monoisotopic (exact) mass is 313 g/mol. The van der Waals surface area contributed by atoms with Crippen LogP contribution in [0.3, 0.4) is 0 Å². The van der Waals surface area contributed by atoms with Crippen molar-refractivity contribution in [3.05, 3.63) is 42.2 Å². The van der Waals surface area contributed by atoms with Crippen molar-refractivity contribution in [3.8, 4) is 5.75 Å². The van der Waals surface area contributed by atoms with Gasteiger partial charge in [-0.2, -0.15) is 0 Å². The summed E-state index contributed by atoms with van der Waals surface area (Å²) >= 11 is 1.57. The molecule has 4 rings (SSSR count). The van der Waals surface area contributed by atoms with Gasteiger partial charge in [-0.1, -0.05) is 0 Å². The topological polar surface area (TPSA) is 49.2 Å². The van der Waals surface area contributed by atoms with Crippen LogP contribution in [-0.2, 0) is 4.74 Å². The highest BCUT2D eigenvalue weighted by Crippen LogP contribution is 2.41. The van der Waals surface area contributed by atoms with E-state index in [1.54, 1.807) is 25.1 Å². The Kier molecular flexibility index (Phi) is 3.28. The van der Waals surface area contributed by atoms with E-state index in [1.165, 1.54) is 0 Å². The third-order valence-corrected chi connectivity index (χ3v) is 4.70. The largest absolute Gasteiger partial charge is 0.497 e. The molecule has 1 aliphatic rings. The molecule has 2 aromatic heterocycles. The first-order valence-corrected chi connectivity index (χ1v) is 7.93. The van der Waals surface area contributed by atoms with Crippen LogP contribution in [-0.4, -0.2) is 28.3 Å². The Bertz CT molecular complexity index is 847. The van der Waals surface area contributed by atoms with Gasteiger partial charge in [0.05, 0.1) is 12.6 Å². The van der Waals surface area contributed by atoms with E-state index in [1.807, 2.05) is 35.9 Å². The van der Waals surface area contributed by atoms with Crippen LogP contribution in [0.1, 0.15) is 18.7 Å². The van der Waals surface area contributed by atoms with Crippen molar-refractivity contribution in [2.24, 2.45) is 0 Å². The van der Waals surface area contributed by atoms with E-state index in [0.717, 1.165) is 32.4 Å². The third-order valence-electron chi connectivity index (χ3n) is 3.68. The molecule has 1 aromatic carbocycles. The van der Waals surface area contributed by atoms with Crippen LogP contribution in [0.5, 0.6) is 5.75 Å². The third kappa shape index (κ3) is 2.07. The lowest BCUT2D eigenvalue weighted by atomic mass is 10.1. The van der Waals surface area contributed by atoms with Crippen LogP contribution in [0.15, 0.2) is 46.8 Å². The number of nitrogens with zero attached hydrogens (tertiary/aromatic N) is 3. The number of benzene rings is 1. The van der Waals surface area contributed by atoms with E-state index in [4.69, 9.17) is 14.5 Å². The smallest absolute Gasteiger partial charge is 0.176 e. The summed E-state index contributed by atoms with van der Waals surface area (Å²) in [5.74, 6) is 0.828. The molecule has 1 atom stereocenters. The minimum absolute atomic E-state index is 0.179. The first-order chi connectivity index (χ1) is 10.8. The second-order valence-corrected chi connectivity index (χ2v) is 5.92. The molecule has 22 heavy (non-hydrogen) atoms. The maximum absolute atomic E-state index is 5.94. The predicted molar refractivity (Wildman–Crippen MR) is 84.4 cm³/mol. The van der Waals surface area contributed by atoms with Gasteiger partial charge in [-0.3, -0.25) is 4.57 Å². The molecular weight excluding hydrogens is 298 g/mol. The van der Waals surface area contributed by atoms with Crippen molar-refractivity contribution in [1.82, 2.24) is 14.5 Å². The van der Waals surface area contributed by atoms with Crippen LogP contribution >= 0.6 is 11.8 Å². The standard InChI is InChI=1S/C16H15N3O2S/c1-3-21-15-12-9-10-8-11(20-2)4-5-13(10)18-14(12)22-16-17-6-7-19(15)16/h4-9,15H,3H2,1-2H3/t15-/m0/s1. The van der Waals surface area contributed by atoms with E-state index in [2.05, 4.69) is 11.1 Å². The van der Waals surface area contributed by atoms with Crippen LogP contribution in [0.25, 0.3) is 10.9 Å². The fraction of sp³-hybridized carbons (Fsp3) is 0.250. The molecular formula is C16H15N3O2S. The molecule has 3 heterocycles. The Labute approximate surface area is 132 Å². The Morgan fingerprint density at radius 2 is 2.23 bits per heavy atom. The molecule has 0 saturated heterocycles. The summed E-state index contributed by atoms with van der Waals surface area (Å²) in [5.41, 5.74) is 2.01. The van der Waals surface area contributed by atoms with Crippen molar-refractivity contribution >= 4 is 22.7 Å². The van der Waals surface area contributed by atoms with Gasteiger partial charge in [-0.15, -0.1) is 0 Å². The summed E-state index contributed by atoms with van der Waals surface area (Å²) in [7, 11) is 1.67. The Hall–Kier alpha value is -2.05. The first-order valence-electron chi connectivity index (χ1n) is 7.11. The molecule has 0 N–H and O–H groups in total. The molecule has 5 nitrogen and oxygen atoms in total.